The van der Waals surface area contributed by atoms with Gasteiger partial charge in [0.25, 0.3) is 0 Å². The third-order valence-electron chi connectivity index (χ3n) is 2.16. The van der Waals surface area contributed by atoms with Gasteiger partial charge >= 0.3 is 0 Å². The van der Waals surface area contributed by atoms with Gasteiger partial charge in [0.2, 0.25) is 11.0 Å². The number of anilines is 1. The first-order chi connectivity index (χ1) is 9.13. The molecule has 0 aliphatic carbocycles. The SMILES string of the molecule is Cl.NC(N)=Nc1nc(CC(=O)Nc2ccccc2)cs1. The minimum absolute atomic E-state index is 0. The summed E-state index contributed by atoms with van der Waals surface area (Å²) in [4.78, 5) is 19.7. The Morgan fingerprint density at radius 3 is 2.65 bits per heavy atom. The summed E-state index contributed by atoms with van der Waals surface area (Å²) in [5.74, 6) is -0.178. The van der Waals surface area contributed by atoms with E-state index < -0.39 is 0 Å². The van der Waals surface area contributed by atoms with Gasteiger partial charge in [-0.2, -0.15) is 4.99 Å². The highest BCUT2D eigenvalue weighted by molar-refractivity contribution is 7.13. The van der Waals surface area contributed by atoms with Gasteiger partial charge in [-0.1, -0.05) is 18.2 Å². The van der Waals surface area contributed by atoms with Gasteiger partial charge in [-0.25, -0.2) is 4.98 Å². The van der Waals surface area contributed by atoms with Crippen molar-refractivity contribution in [2.45, 2.75) is 6.42 Å². The molecule has 106 valence electrons. The Morgan fingerprint density at radius 2 is 2.00 bits per heavy atom. The number of para-hydroxylation sites is 1. The first-order valence-electron chi connectivity index (χ1n) is 5.52. The van der Waals surface area contributed by atoms with Gasteiger partial charge in [0.05, 0.1) is 12.1 Å². The molecule has 0 unspecified atom stereocenters. The number of benzene rings is 1. The van der Waals surface area contributed by atoms with Crippen molar-refractivity contribution in [2.75, 3.05) is 5.32 Å². The molecular weight excluding hydrogens is 298 g/mol. The molecule has 0 aliphatic rings. The molecule has 5 N–H and O–H groups in total. The lowest BCUT2D eigenvalue weighted by Gasteiger charge is -2.02. The van der Waals surface area contributed by atoms with Crippen molar-refractivity contribution in [3.05, 3.63) is 41.4 Å². The van der Waals surface area contributed by atoms with Crippen LogP contribution in [0.1, 0.15) is 5.69 Å². The predicted octanol–water partition coefficient (Wildman–Crippen LogP) is 1.65. The summed E-state index contributed by atoms with van der Waals surface area (Å²) in [6.45, 7) is 0. The van der Waals surface area contributed by atoms with E-state index in [0.29, 0.717) is 10.8 Å². The Labute approximate surface area is 126 Å². The molecule has 0 saturated heterocycles. The number of aromatic nitrogens is 1. The third kappa shape index (κ3) is 4.87. The molecule has 1 amide bonds. The molecule has 0 saturated carbocycles. The predicted molar refractivity (Wildman–Crippen MR) is 83.6 cm³/mol. The highest BCUT2D eigenvalue weighted by Crippen LogP contribution is 2.19. The number of amides is 1. The summed E-state index contributed by atoms with van der Waals surface area (Å²) in [6, 6.07) is 9.25. The standard InChI is InChI=1S/C12H13N5OS.ClH/c13-11(14)17-12-16-9(7-19-12)6-10(18)15-8-4-2-1-3-5-8;/h1-5,7H,6H2,(H,15,18)(H4,13,14,16,17);1H. The number of aliphatic imine (C=N–C) groups is 1. The van der Waals surface area contributed by atoms with Crippen molar-refractivity contribution >= 4 is 46.4 Å². The maximum atomic E-state index is 11.8. The zero-order valence-electron chi connectivity index (χ0n) is 10.4. The zero-order valence-corrected chi connectivity index (χ0v) is 12.1. The molecule has 0 atom stereocenters. The highest BCUT2D eigenvalue weighted by atomic mass is 35.5. The molecule has 20 heavy (non-hydrogen) atoms. The molecule has 0 spiro atoms. The van der Waals surface area contributed by atoms with Gasteiger partial charge in [0.1, 0.15) is 0 Å². The van der Waals surface area contributed by atoms with Crippen LogP contribution < -0.4 is 16.8 Å². The topological polar surface area (TPSA) is 106 Å². The Bertz CT molecular complexity index is 595. The smallest absolute Gasteiger partial charge is 0.230 e. The van der Waals surface area contributed by atoms with Crippen molar-refractivity contribution in [1.82, 2.24) is 4.98 Å². The lowest BCUT2D eigenvalue weighted by atomic mass is 10.3. The first-order valence-corrected chi connectivity index (χ1v) is 6.40. The molecule has 0 bridgehead atoms. The van der Waals surface area contributed by atoms with E-state index >= 15 is 0 Å². The van der Waals surface area contributed by atoms with Crippen LogP contribution in [0.4, 0.5) is 10.8 Å². The zero-order chi connectivity index (χ0) is 13.7. The van der Waals surface area contributed by atoms with Crippen molar-refractivity contribution in [3.63, 3.8) is 0 Å². The molecule has 1 heterocycles. The number of nitrogens with two attached hydrogens (primary N) is 2. The van der Waals surface area contributed by atoms with Crippen LogP contribution in [0.3, 0.4) is 0 Å². The van der Waals surface area contributed by atoms with Gasteiger partial charge in [0.15, 0.2) is 5.96 Å². The second-order valence-electron chi connectivity index (χ2n) is 3.75. The number of thiazole rings is 1. The molecule has 1 aromatic carbocycles. The van der Waals surface area contributed by atoms with E-state index in [1.807, 2.05) is 30.3 Å². The molecule has 6 nitrogen and oxygen atoms in total. The van der Waals surface area contributed by atoms with E-state index in [1.165, 1.54) is 11.3 Å². The summed E-state index contributed by atoms with van der Waals surface area (Å²) in [6.07, 6.45) is 0.186. The normalized spacial score (nSPS) is 9.40. The van der Waals surface area contributed by atoms with Crippen LogP contribution in [0.25, 0.3) is 0 Å². The maximum absolute atomic E-state index is 11.8. The van der Waals surface area contributed by atoms with Crippen LogP contribution in [-0.4, -0.2) is 16.9 Å². The van der Waals surface area contributed by atoms with Crippen molar-refractivity contribution < 1.29 is 4.79 Å². The Morgan fingerprint density at radius 1 is 1.30 bits per heavy atom. The van der Waals surface area contributed by atoms with E-state index in [9.17, 15) is 4.79 Å². The largest absolute Gasteiger partial charge is 0.370 e. The second-order valence-corrected chi connectivity index (χ2v) is 4.59. The fourth-order valence-electron chi connectivity index (χ4n) is 1.43. The number of carbonyl (C=O) groups excluding carboxylic acids is 1. The van der Waals surface area contributed by atoms with Crippen molar-refractivity contribution in [1.29, 1.82) is 0 Å². The van der Waals surface area contributed by atoms with E-state index in [2.05, 4.69) is 15.3 Å². The van der Waals surface area contributed by atoms with Crippen molar-refractivity contribution in [3.8, 4) is 0 Å². The number of carbonyl (C=O) groups is 1. The fourth-order valence-corrected chi connectivity index (χ4v) is 2.14. The number of nitrogens with zero attached hydrogens (tertiary/aromatic N) is 2. The molecule has 8 heteroatoms. The van der Waals surface area contributed by atoms with Gasteiger partial charge < -0.3 is 16.8 Å². The van der Waals surface area contributed by atoms with Crippen LogP contribution in [0.2, 0.25) is 0 Å². The van der Waals surface area contributed by atoms with E-state index in [0.717, 1.165) is 5.69 Å². The summed E-state index contributed by atoms with van der Waals surface area (Å²) in [5, 5.41) is 4.98. The highest BCUT2D eigenvalue weighted by Gasteiger charge is 2.07. The quantitative estimate of drug-likeness (QED) is 0.589. The Hall–Kier alpha value is -2.12. The Kier molecular flexibility index (Phi) is 5.95. The van der Waals surface area contributed by atoms with Gasteiger partial charge in [-0.3, -0.25) is 4.79 Å². The number of halogens is 1. The van der Waals surface area contributed by atoms with Gasteiger partial charge in [-0.05, 0) is 12.1 Å². The summed E-state index contributed by atoms with van der Waals surface area (Å²) in [7, 11) is 0. The number of guanidine groups is 1. The maximum Gasteiger partial charge on any atom is 0.230 e. The van der Waals surface area contributed by atoms with Crippen LogP contribution >= 0.6 is 23.7 Å². The molecule has 1 aromatic heterocycles. The third-order valence-corrected chi connectivity index (χ3v) is 2.95. The van der Waals surface area contributed by atoms with Gasteiger partial charge in [-0.15, -0.1) is 23.7 Å². The van der Waals surface area contributed by atoms with E-state index in [-0.39, 0.29) is 30.7 Å². The Balaban J connectivity index is 0.00000200. The summed E-state index contributed by atoms with van der Waals surface area (Å²) in [5.41, 5.74) is 11.9. The minimum Gasteiger partial charge on any atom is -0.370 e. The minimum atomic E-state index is -0.132. The molecule has 2 aromatic rings. The lowest BCUT2D eigenvalue weighted by Crippen LogP contribution is -2.21. The van der Waals surface area contributed by atoms with Crippen LogP contribution in [0.5, 0.6) is 0 Å². The molecule has 2 rings (SSSR count). The molecule has 0 radical (unpaired) electrons. The molecule has 0 fully saturated rings. The average Bonchev–Trinajstić information content (AvgIpc) is 2.76. The molecular formula is C12H14ClN5OS. The van der Waals surface area contributed by atoms with Crippen LogP contribution in [-0.2, 0) is 11.2 Å². The first kappa shape index (κ1) is 15.9. The number of nitrogens with one attached hydrogen (secondary N) is 1. The summed E-state index contributed by atoms with van der Waals surface area (Å²) >= 11 is 1.29. The van der Waals surface area contributed by atoms with Crippen molar-refractivity contribution in [2.24, 2.45) is 16.5 Å². The fraction of sp³-hybridized carbons (Fsp3) is 0.0833. The van der Waals surface area contributed by atoms with E-state index in [4.69, 9.17) is 11.5 Å². The lowest BCUT2D eigenvalue weighted by molar-refractivity contribution is -0.115. The van der Waals surface area contributed by atoms with Crippen LogP contribution in [0, 0.1) is 0 Å². The van der Waals surface area contributed by atoms with Gasteiger partial charge in [0, 0.05) is 11.1 Å². The monoisotopic (exact) mass is 311 g/mol. The average molecular weight is 312 g/mol. The number of rotatable bonds is 4. The molecule has 0 aliphatic heterocycles. The number of hydrogen-bond donors (Lipinski definition) is 3. The second kappa shape index (κ2) is 7.46. The summed E-state index contributed by atoms with van der Waals surface area (Å²) < 4.78 is 0. The van der Waals surface area contributed by atoms with Crippen LogP contribution in [0.15, 0.2) is 40.7 Å². The van der Waals surface area contributed by atoms with E-state index in [1.54, 1.807) is 5.38 Å². The number of hydrogen-bond acceptors (Lipinski definition) is 4.